The lowest BCUT2D eigenvalue weighted by atomic mass is 10.4. The third kappa shape index (κ3) is 3.72. The summed E-state index contributed by atoms with van der Waals surface area (Å²) in [4.78, 5) is 29.3. The first kappa shape index (κ1) is 13.9. The number of aryl methyl sites for hydroxylation is 1. The molecule has 100 valence electrons. The van der Waals surface area contributed by atoms with E-state index in [-0.39, 0.29) is 19.1 Å². The number of amides is 2. The van der Waals surface area contributed by atoms with Gasteiger partial charge in [-0.3, -0.25) is 9.89 Å². The van der Waals surface area contributed by atoms with Crippen LogP contribution in [0.15, 0.2) is 0 Å². The fourth-order valence-corrected chi connectivity index (χ4v) is 1.46. The van der Waals surface area contributed by atoms with Crippen LogP contribution in [0.25, 0.3) is 0 Å². The minimum Gasteiger partial charge on any atom is -0.480 e. The Morgan fingerprint density at radius 3 is 2.56 bits per heavy atom. The summed E-state index contributed by atoms with van der Waals surface area (Å²) in [5.41, 5.74) is 0. The quantitative estimate of drug-likeness (QED) is 0.775. The zero-order chi connectivity index (χ0) is 13.7. The molecule has 8 nitrogen and oxygen atoms in total. The van der Waals surface area contributed by atoms with Gasteiger partial charge in [0.1, 0.15) is 12.4 Å². The maximum Gasteiger partial charge on any atom is 0.323 e. The molecule has 0 aliphatic heterocycles. The van der Waals surface area contributed by atoms with E-state index in [1.807, 2.05) is 0 Å². The van der Waals surface area contributed by atoms with Gasteiger partial charge in [0.15, 0.2) is 5.82 Å². The molecule has 1 rings (SSSR count). The van der Waals surface area contributed by atoms with E-state index in [4.69, 9.17) is 5.11 Å². The Morgan fingerprint density at radius 2 is 2.11 bits per heavy atom. The average Bonchev–Trinajstić information content (AvgIpc) is 2.70. The molecule has 2 N–H and O–H groups in total. The highest BCUT2D eigenvalue weighted by Gasteiger charge is 2.19. The number of carbonyl (C=O) groups is 2. The summed E-state index contributed by atoms with van der Waals surface area (Å²) in [7, 11) is 1.58. The van der Waals surface area contributed by atoms with Gasteiger partial charge >= 0.3 is 12.0 Å². The van der Waals surface area contributed by atoms with Gasteiger partial charge in [-0.05, 0) is 13.8 Å². The van der Waals surface area contributed by atoms with E-state index in [2.05, 4.69) is 15.2 Å². The molecule has 0 radical (unpaired) electrons. The number of carbonyl (C=O) groups excluding carboxylic acids is 1. The van der Waals surface area contributed by atoms with Crippen LogP contribution >= 0.6 is 0 Å². The second-order valence-electron chi connectivity index (χ2n) is 3.88. The number of rotatable bonds is 5. The number of likely N-dealkylation sites (N-methyl/N-ethyl adjacent to an activating group) is 1. The number of hydrogen-bond acceptors (Lipinski definition) is 4. The summed E-state index contributed by atoms with van der Waals surface area (Å²) in [5, 5.41) is 15.3. The number of hydrogen-bond donors (Lipinski definition) is 2. The fourth-order valence-electron chi connectivity index (χ4n) is 1.46. The zero-order valence-electron chi connectivity index (χ0n) is 10.7. The van der Waals surface area contributed by atoms with Crippen LogP contribution in [-0.4, -0.2) is 62.2 Å². The number of nitrogens with one attached hydrogen (secondary N) is 1. The van der Waals surface area contributed by atoms with Gasteiger partial charge in [0.2, 0.25) is 0 Å². The SMILES string of the molecule is CCN(CC(=O)O)C(=O)N(C)Cc1n[nH]c(C)n1. The maximum atomic E-state index is 11.9. The van der Waals surface area contributed by atoms with Crippen molar-refractivity contribution in [1.29, 1.82) is 0 Å². The molecule has 1 aromatic rings. The predicted molar refractivity (Wildman–Crippen MR) is 62.9 cm³/mol. The van der Waals surface area contributed by atoms with Crippen molar-refractivity contribution >= 4 is 12.0 Å². The molecule has 0 unspecified atom stereocenters. The second-order valence-corrected chi connectivity index (χ2v) is 3.88. The van der Waals surface area contributed by atoms with E-state index >= 15 is 0 Å². The van der Waals surface area contributed by atoms with E-state index in [1.54, 1.807) is 20.9 Å². The fraction of sp³-hybridized carbons (Fsp3) is 0.600. The second kappa shape index (κ2) is 5.99. The largest absolute Gasteiger partial charge is 0.480 e. The zero-order valence-corrected chi connectivity index (χ0v) is 10.7. The van der Waals surface area contributed by atoms with Crippen LogP contribution in [0.3, 0.4) is 0 Å². The minimum absolute atomic E-state index is 0.235. The lowest BCUT2D eigenvalue weighted by Gasteiger charge is -2.25. The Morgan fingerprint density at radius 1 is 1.44 bits per heavy atom. The molecule has 0 aromatic carbocycles. The summed E-state index contributed by atoms with van der Waals surface area (Å²) in [6.07, 6.45) is 0. The summed E-state index contributed by atoms with van der Waals surface area (Å²) < 4.78 is 0. The van der Waals surface area contributed by atoms with Gasteiger partial charge in [0.05, 0.1) is 6.54 Å². The number of aromatic nitrogens is 3. The van der Waals surface area contributed by atoms with E-state index in [0.29, 0.717) is 18.2 Å². The van der Waals surface area contributed by atoms with Gasteiger partial charge in [0.25, 0.3) is 0 Å². The smallest absolute Gasteiger partial charge is 0.323 e. The predicted octanol–water partition coefficient (Wildman–Crippen LogP) is 0.0714. The van der Waals surface area contributed by atoms with Crippen LogP contribution in [0.2, 0.25) is 0 Å². The number of carboxylic acid groups (broad SMARTS) is 1. The summed E-state index contributed by atoms with van der Waals surface area (Å²) in [5.74, 6) is 0.130. The van der Waals surface area contributed by atoms with Crippen molar-refractivity contribution in [1.82, 2.24) is 25.0 Å². The van der Waals surface area contributed by atoms with Crippen molar-refractivity contribution < 1.29 is 14.7 Å². The number of aliphatic carboxylic acids is 1. The Labute approximate surface area is 105 Å². The molecule has 2 amide bonds. The molecular weight excluding hydrogens is 238 g/mol. The van der Waals surface area contributed by atoms with Gasteiger partial charge in [-0.25, -0.2) is 9.78 Å². The molecule has 1 heterocycles. The molecule has 0 saturated heterocycles. The van der Waals surface area contributed by atoms with E-state index < -0.39 is 5.97 Å². The Hall–Kier alpha value is -2.12. The van der Waals surface area contributed by atoms with Crippen LogP contribution in [0.4, 0.5) is 4.79 Å². The average molecular weight is 255 g/mol. The Bertz CT molecular complexity index is 431. The normalized spacial score (nSPS) is 10.2. The van der Waals surface area contributed by atoms with Crippen LogP contribution in [0, 0.1) is 6.92 Å². The summed E-state index contributed by atoms with van der Waals surface area (Å²) in [6.45, 7) is 3.75. The highest BCUT2D eigenvalue weighted by Crippen LogP contribution is 2.02. The lowest BCUT2D eigenvalue weighted by molar-refractivity contribution is -0.137. The first-order valence-electron chi connectivity index (χ1n) is 5.53. The highest BCUT2D eigenvalue weighted by atomic mass is 16.4. The maximum absolute atomic E-state index is 11.9. The Kier molecular flexibility index (Phi) is 4.64. The van der Waals surface area contributed by atoms with Gasteiger partial charge in [-0.1, -0.05) is 0 Å². The number of nitrogens with zero attached hydrogens (tertiary/aromatic N) is 4. The van der Waals surface area contributed by atoms with Crippen molar-refractivity contribution in [2.24, 2.45) is 0 Å². The molecule has 0 spiro atoms. The number of urea groups is 1. The Balaban J connectivity index is 2.61. The van der Waals surface area contributed by atoms with Crippen LogP contribution in [0.5, 0.6) is 0 Å². The lowest BCUT2D eigenvalue weighted by Crippen LogP contribution is -2.43. The third-order valence-electron chi connectivity index (χ3n) is 2.33. The molecule has 1 aromatic heterocycles. The summed E-state index contributed by atoms with van der Waals surface area (Å²) >= 11 is 0. The van der Waals surface area contributed by atoms with Crippen molar-refractivity contribution in [3.8, 4) is 0 Å². The summed E-state index contributed by atoms with van der Waals surface area (Å²) in [6, 6.07) is -0.359. The van der Waals surface area contributed by atoms with Gasteiger partial charge in [-0.2, -0.15) is 5.10 Å². The first-order chi connectivity index (χ1) is 8.43. The molecule has 18 heavy (non-hydrogen) atoms. The molecule has 0 aliphatic rings. The van der Waals surface area contributed by atoms with Crippen LogP contribution in [0.1, 0.15) is 18.6 Å². The molecule has 0 fully saturated rings. The molecule has 0 bridgehead atoms. The van der Waals surface area contributed by atoms with Gasteiger partial charge in [0, 0.05) is 13.6 Å². The molecule has 0 saturated carbocycles. The van der Waals surface area contributed by atoms with E-state index in [1.165, 1.54) is 9.80 Å². The third-order valence-corrected chi connectivity index (χ3v) is 2.33. The first-order valence-corrected chi connectivity index (χ1v) is 5.53. The van der Waals surface area contributed by atoms with Gasteiger partial charge < -0.3 is 14.9 Å². The standard InChI is InChI=1S/C10H17N5O3/c1-4-15(6-9(16)17)10(18)14(3)5-8-11-7(2)12-13-8/h4-6H2,1-3H3,(H,16,17)(H,11,12,13). The van der Waals surface area contributed by atoms with Crippen molar-refractivity contribution in [3.63, 3.8) is 0 Å². The molecular formula is C10H17N5O3. The van der Waals surface area contributed by atoms with Crippen molar-refractivity contribution in [2.75, 3.05) is 20.1 Å². The van der Waals surface area contributed by atoms with Gasteiger partial charge in [-0.15, -0.1) is 0 Å². The number of aromatic amines is 1. The van der Waals surface area contributed by atoms with E-state index in [9.17, 15) is 9.59 Å². The molecule has 8 heteroatoms. The number of H-pyrrole nitrogens is 1. The highest BCUT2D eigenvalue weighted by molar-refractivity contribution is 5.79. The number of carboxylic acids is 1. The van der Waals surface area contributed by atoms with E-state index in [0.717, 1.165) is 0 Å². The molecule has 0 aliphatic carbocycles. The topological polar surface area (TPSA) is 102 Å². The van der Waals surface area contributed by atoms with Crippen molar-refractivity contribution in [2.45, 2.75) is 20.4 Å². The van der Waals surface area contributed by atoms with Crippen LogP contribution in [-0.2, 0) is 11.3 Å². The van der Waals surface area contributed by atoms with Crippen LogP contribution < -0.4 is 0 Å². The molecule has 0 atom stereocenters. The van der Waals surface area contributed by atoms with Crippen molar-refractivity contribution in [3.05, 3.63) is 11.6 Å². The minimum atomic E-state index is -1.03. The monoisotopic (exact) mass is 255 g/mol.